The molecule has 0 aromatic rings. The summed E-state index contributed by atoms with van der Waals surface area (Å²) in [5, 5.41) is 21.0. The van der Waals surface area contributed by atoms with Crippen LogP contribution in [0.5, 0.6) is 0 Å². The lowest BCUT2D eigenvalue weighted by Gasteiger charge is -2.40. The summed E-state index contributed by atoms with van der Waals surface area (Å²) in [4.78, 5) is 10.7. The first kappa shape index (κ1) is 21.1. The highest BCUT2D eigenvalue weighted by molar-refractivity contribution is 5.64. The van der Waals surface area contributed by atoms with Crippen LogP contribution in [0.3, 0.4) is 0 Å². The summed E-state index contributed by atoms with van der Waals surface area (Å²) in [5.74, 6) is -0.976. The molecule has 0 saturated heterocycles. The summed E-state index contributed by atoms with van der Waals surface area (Å²) in [6.07, 6.45) is 9.51. The maximum absolute atomic E-state index is 10.7. The van der Waals surface area contributed by atoms with Gasteiger partial charge in [0.25, 0.3) is 0 Å². The third-order valence-corrected chi connectivity index (χ3v) is 4.08. The third kappa shape index (κ3) is 9.96. The van der Waals surface area contributed by atoms with Crippen molar-refractivity contribution in [3.05, 3.63) is 12.2 Å². The van der Waals surface area contributed by atoms with Gasteiger partial charge in [-0.15, -0.1) is 0 Å². The maximum atomic E-state index is 10.7. The molecule has 0 heterocycles. The molecule has 0 aliphatic rings. The van der Waals surface area contributed by atoms with Crippen molar-refractivity contribution in [1.29, 1.82) is 0 Å². The van der Waals surface area contributed by atoms with Crippen LogP contribution in [-0.4, -0.2) is 47.8 Å². The van der Waals surface area contributed by atoms with Crippen LogP contribution in [0, 0.1) is 0 Å². The molecule has 22 heavy (non-hydrogen) atoms. The Balaban J connectivity index is 4.58. The van der Waals surface area contributed by atoms with Crippen molar-refractivity contribution in [2.75, 3.05) is 26.2 Å². The normalized spacial score (nSPS) is 13.6. The second kappa shape index (κ2) is 12.7. The highest BCUT2D eigenvalue weighted by Gasteiger charge is 2.28. The number of carbonyl (C=O) groups is 1. The molecule has 0 saturated carbocycles. The zero-order chi connectivity index (χ0) is 16.8. The lowest BCUT2D eigenvalue weighted by Crippen LogP contribution is -2.54. The van der Waals surface area contributed by atoms with Crippen molar-refractivity contribution in [1.82, 2.24) is 0 Å². The van der Waals surface area contributed by atoms with Crippen LogP contribution in [0.15, 0.2) is 12.2 Å². The first-order valence-corrected chi connectivity index (χ1v) is 8.87. The van der Waals surface area contributed by atoms with Gasteiger partial charge in [-0.05, 0) is 38.5 Å². The minimum Gasteiger partial charge on any atom is -0.550 e. The average molecular weight is 313 g/mol. The number of aliphatic hydroxyl groups is 1. The lowest BCUT2D eigenvalue weighted by molar-refractivity contribution is -0.931. The van der Waals surface area contributed by atoms with Crippen molar-refractivity contribution in [3.63, 3.8) is 0 Å². The molecule has 0 aromatic heterocycles. The highest BCUT2D eigenvalue weighted by atomic mass is 16.4. The van der Waals surface area contributed by atoms with Gasteiger partial charge in [-0.25, -0.2) is 0 Å². The van der Waals surface area contributed by atoms with Gasteiger partial charge in [-0.3, -0.25) is 0 Å². The smallest absolute Gasteiger partial charge is 0.105 e. The first-order valence-electron chi connectivity index (χ1n) is 8.87. The van der Waals surface area contributed by atoms with E-state index >= 15 is 0 Å². The molecular weight excluding hydrogens is 278 g/mol. The van der Waals surface area contributed by atoms with Gasteiger partial charge in [0.2, 0.25) is 0 Å². The second-order valence-corrected chi connectivity index (χ2v) is 6.28. The van der Waals surface area contributed by atoms with Crippen molar-refractivity contribution in [2.24, 2.45) is 0 Å². The van der Waals surface area contributed by atoms with E-state index in [9.17, 15) is 15.0 Å². The van der Waals surface area contributed by atoms with Crippen molar-refractivity contribution < 1.29 is 19.5 Å². The number of aliphatic hydroxyl groups excluding tert-OH is 1. The fraction of sp³-hybridized carbons (Fsp3) is 0.833. The van der Waals surface area contributed by atoms with Crippen LogP contribution in [0.25, 0.3) is 0 Å². The number of hydrogen-bond donors (Lipinski definition) is 1. The summed E-state index contributed by atoms with van der Waals surface area (Å²) >= 11 is 0. The molecule has 1 unspecified atom stereocenters. The van der Waals surface area contributed by atoms with Crippen LogP contribution in [0.4, 0.5) is 0 Å². The first-order chi connectivity index (χ1) is 10.5. The van der Waals surface area contributed by atoms with Gasteiger partial charge in [0.1, 0.15) is 12.6 Å². The molecule has 0 aliphatic carbocycles. The molecule has 0 rings (SSSR count). The van der Waals surface area contributed by atoms with Gasteiger partial charge in [0, 0.05) is 12.4 Å². The third-order valence-electron chi connectivity index (χ3n) is 4.08. The van der Waals surface area contributed by atoms with E-state index in [1.54, 1.807) is 0 Å². The van der Waals surface area contributed by atoms with Gasteiger partial charge in [0.05, 0.1) is 19.6 Å². The Morgan fingerprint density at radius 3 is 2.27 bits per heavy atom. The molecule has 4 nitrogen and oxygen atoms in total. The molecule has 0 spiro atoms. The summed E-state index contributed by atoms with van der Waals surface area (Å²) in [7, 11) is 0. The van der Waals surface area contributed by atoms with E-state index in [1.807, 2.05) is 0 Å². The Hall–Kier alpha value is -0.870. The van der Waals surface area contributed by atoms with Crippen molar-refractivity contribution in [3.8, 4) is 0 Å². The predicted molar refractivity (Wildman–Crippen MR) is 89.2 cm³/mol. The molecule has 130 valence electrons. The molecular formula is C18H35NO3. The van der Waals surface area contributed by atoms with Gasteiger partial charge >= 0.3 is 0 Å². The van der Waals surface area contributed by atoms with E-state index in [-0.39, 0.29) is 12.5 Å². The lowest BCUT2D eigenvalue weighted by atomic mass is 10.1. The fourth-order valence-electron chi connectivity index (χ4n) is 3.23. The van der Waals surface area contributed by atoms with Crippen LogP contribution < -0.4 is 5.11 Å². The summed E-state index contributed by atoms with van der Waals surface area (Å²) < 4.78 is 0.832. The number of hydrogen-bond acceptors (Lipinski definition) is 3. The predicted octanol–water partition coefficient (Wildman–Crippen LogP) is 2.26. The molecule has 0 bridgehead atoms. The number of carbonyl (C=O) groups excluding carboxylic acids is 1. The average Bonchev–Trinajstić information content (AvgIpc) is 2.44. The van der Waals surface area contributed by atoms with Gasteiger partial charge < -0.3 is 19.5 Å². The standard InChI is InChI=1S/C18H35NO3/c1-4-7-8-9-11-17(20)16-19(13-5-2,14-6-3)15-10-12-18(21)22/h7-8,17,20H,4-6,9-16H2,1-3H3/b8-7+. The number of nitrogens with zero attached hydrogens (tertiary/aromatic N) is 1. The van der Waals surface area contributed by atoms with Crippen LogP contribution in [0.1, 0.15) is 65.7 Å². The van der Waals surface area contributed by atoms with Gasteiger partial charge in [-0.1, -0.05) is 32.9 Å². The summed E-state index contributed by atoms with van der Waals surface area (Å²) in [6, 6.07) is 0. The van der Waals surface area contributed by atoms with E-state index in [1.165, 1.54) is 0 Å². The zero-order valence-corrected chi connectivity index (χ0v) is 14.7. The highest BCUT2D eigenvalue weighted by Crippen LogP contribution is 2.16. The summed E-state index contributed by atoms with van der Waals surface area (Å²) in [6.45, 7) is 9.96. The number of allylic oxidation sites excluding steroid dienone is 2. The number of carboxylic acid groups (broad SMARTS) is 1. The van der Waals surface area contributed by atoms with Crippen molar-refractivity contribution in [2.45, 2.75) is 71.8 Å². The maximum Gasteiger partial charge on any atom is 0.105 e. The Morgan fingerprint density at radius 2 is 1.77 bits per heavy atom. The van der Waals surface area contributed by atoms with Crippen LogP contribution in [-0.2, 0) is 4.79 Å². The molecule has 1 atom stereocenters. The van der Waals surface area contributed by atoms with Gasteiger partial charge in [-0.2, -0.15) is 0 Å². The monoisotopic (exact) mass is 313 g/mol. The zero-order valence-electron chi connectivity index (χ0n) is 14.7. The summed E-state index contributed by atoms with van der Waals surface area (Å²) in [5.41, 5.74) is 0. The molecule has 4 heteroatoms. The topological polar surface area (TPSA) is 60.4 Å². The fourth-order valence-corrected chi connectivity index (χ4v) is 3.23. The SMILES string of the molecule is CC/C=C/CCC(O)C[N+](CCC)(CCC)CCCC(=O)[O-]. The molecule has 0 aliphatic heterocycles. The molecule has 0 amide bonds. The van der Waals surface area contributed by atoms with E-state index in [4.69, 9.17) is 0 Å². The molecule has 0 aromatic carbocycles. The van der Waals surface area contributed by atoms with Crippen molar-refractivity contribution >= 4 is 5.97 Å². The van der Waals surface area contributed by atoms with E-state index in [0.717, 1.165) is 62.8 Å². The van der Waals surface area contributed by atoms with E-state index < -0.39 is 5.97 Å². The van der Waals surface area contributed by atoms with Crippen LogP contribution >= 0.6 is 0 Å². The number of aliphatic carboxylic acids is 1. The second-order valence-electron chi connectivity index (χ2n) is 6.28. The Labute approximate surface area is 136 Å². The molecule has 1 N–H and O–H groups in total. The number of quaternary nitrogens is 1. The minimum atomic E-state index is -0.976. The Bertz CT molecular complexity index is 309. The quantitative estimate of drug-likeness (QED) is 0.395. The number of rotatable bonds is 14. The Kier molecular flexibility index (Phi) is 12.2. The minimum absolute atomic E-state index is 0.114. The van der Waals surface area contributed by atoms with Crippen LogP contribution in [0.2, 0.25) is 0 Å². The largest absolute Gasteiger partial charge is 0.550 e. The number of carboxylic acids is 1. The van der Waals surface area contributed by atoms with E-state index in [2.05, 4.69) is 32.9 Å². The Morgan fingerprint density at radius 1 is 1.14 bits per heavy atom. The van der Waals surface area contributed by atoms with Gasteiger partial charge in [0.15, 0.2) is 0 Å². The molecule has 0 radical (unpaired) electrons. The molecule has 0 fully saturated rings. The van der Waals surface area contributed by atoms with E-state index in [0.29, 0.717) is 6.42 Å².